The van der Waals surface area contributed by atoms with Gasteiger partial charge in [-0.2, -0.15) is 5.10 Å². The van der Waals surface area contributed by atoms with Gasteiger partial charge in [0.05, 0.1) is 6.20 Å². The van der Waals surface area contributed by atoms with Crippen LogP contribution in [0.4, 0.5) is 4.79 Å². The summed E-state index contributed by atoms with van der Waals surface area (Å²) in [6.07, 6.45) is 0.795. The van der Waals surface area contributed by atoms with Crippen LogP contribution in [-0.2, 0) is 6.54 Å². The Morgan fingerprint density at radius 2 is 2.54 bits per heavy atom. The summed E-state index contributed by atoms with van der Waals surface area (Å²) in [6, 6.07) is 0. The Morgan fingerprint density at radius 3 is 3.08 bits per heavy atom. The second-order valence-electron chi connectivity index (χ2n) is 2.39. The van der Waals surface area contributed by atoms with E-state index in [-0.39, 0.29) is 10.9 Å². The Labute approximate surface area is 79.9 Å². The van der Waals surface area contributed by atoms with Crippen molar-refractivity contribution in [1.29, 1.82) is 0 Å². The van der Waals surface area contributed by atoms with Gasteiger partial charge in [-0.15, -0.1) is 0 Å². The number of halogens is 1. The van der Waals surface area contributed by atoms with E-state index in [9.17, 15) is 4.79 Å². The predicted molar refractivity (Wildman–Crippen MR) is 46.2 cm³/mol. The molecular weight excluding hydrogens is 196 g/mol. The number of carboxylic acid groups (broad SMARTS) is 1. The number of hydrogen-bond acceptors (Lipinski definition) is 3. The zero-order chi connectivity index (χ0) is 9.84. The molecule has 1 aromatic heterocycles. The Balaban J connectivity index is 2.87. The van der Waals surface area contributed by atoms with Gasteiger partial charge in [-0.25, -0.2) is 9.48 Å². The van der Waals surface area contributed by atoms with Crippen LogP contribution in [0.2, 0.25) is 5.02 Å². The highest BCUT2D eigenvalue weighted by atomic mass is 35.5. The number of carbonyl (C=O) groups is 1. The van der Waals surface area contributed by atoms with Crippen molar-refractivity contribution in [2.24, 2.45) is 0 Å². The monoisotopic (exact) mass is 204 g/mol. The lowest BCUT2D eigenvalue weighted by Crippen LogP contribution is -2.09. The molecule has 0 atom stereocenters. The topological polar surface area (TPSA) is 64.4 Å². The van der Waals surface area contributed by atoms with Gasteiger partial charge in [-0.1, -0.05) is 18.5 Å². The second-order valence-corrected chi connectivity index (χ2v) is 2.80. The van der Waals surface area contributed by atoms with Crippen molar-refractivity contribution in [3.63, 3.8) is 0 Å². The minimum Gasteiger partial charge on any atom is -0.449 e. The largest absolute Gasteiger partial charge is 0.512 e. The van der Waals surface area contributed by atoms with E-state index in [1.807, 2.05) is 6.92 Å². The van der Waals surface area contributed by atoms with Crippen LogP contribution in [0.15, 0.2) is 6.20 Å². The van der Waals surface area contributed by atoms with E-state index in [0.29, 0.717) is 6.54 Å². The Morgan fingerprint density at radius 1 is 1.85 bits per heavy atom. The molecule has 0 aromatic carbocycles. The van der Waals surface area contributed by atoms with Crippen LogP contribution in [-0.4, -0.2) is 21.0 Å². The van der Waals surface area contributed by atoms with Crippen LogP contribution in [0.5, 0.6) is 5.88 Å². The van der Waals surface area contributed by atoms with E-state index in [0.717, 1.165) is 6.42 Å². The number of aromatic nitrogens is 2. The molecule has 72 valence electrons. The summed E-state index contributed by atoms with van der Waals surface area (Å²) in [6.45, 7) is 2.52. The summed E-state index contributed by atoms with van der Waals surface area (Å²) in [5.74, 6) is 0.0796. The molecule has 0 aliphatic carbocycles. The van der Waals surface area contributed by atoms with Gasteiger partial charge < -0.3 is 9.84 Å². The van der Waals surface area contributed by atoms with E-state index < -0.39 is 6.16 Å². The molecule has 0 aliphatic heterocycles. The molecule has 0 aliphatic rings. The van der Waals surface area contributed by atoms with Crippen LogP contribution in [0, 0.1) is 0 Å². The first-order valence-corrected chi connectivity index (χ1v) is 4.15. The van der Waals surface area contributed by atoms with Gasteiger partial charge in [0.15, 0.2) is 0 Å². The third-order valence-corrected chi connectivity index (χ3v) is 1.63. The molecule has 1 rings (SSSR count). The van der Waals surface area contributed by atoms with Crippen molar-refractivity contribution in [1.82, 2.24) is 9.78 Å². The van der Waals surface area contributed by atoms with Crippen molar-refractivity contribution in [2.45, 2.75) is 19.9 Å². The zero-order valence-corrected chi connectivity index (χ0v) is 7.78. The molecule has 0 saturated carbocycles. The second kappa shape index (κ2) is 4.13. The van der Waals surface area contributed by atoms with Crippen LogP contribution >= 0.6 is 11.6 Å². The lowest BCUT2D eigenvalue weighted by molar-refractivity contribution is 0.139. The standard InChI is InChI=1S/C7H9ClN2O3/c1-2-3-10-6(13-7(11)12)5(8)4-9-10/h4H,2-3H2,1H3,(H,11,12). The molecule has 0 spiro atoms. The van der Waals surface area contributed by atoms with Crippen molar-refractivity contribution in [3.05, 3.63) is 11.2 Å². The minimum atomic E-state index is -1.39. The maximum absolute atomic E-state index is 10.3. The number of ether oxygens (including phenoxy) is 1. The summed E-state index contributed by atoms with van der Waals surface area (Å²) < 4.78 is 5.87. The van der Waals surface area contributed by atoms with E-state index in [4.69, 9.17) is 16.7 Å². The van der Waals surface area contributed by atoms with Gasteiger partial charge in [0.2, 0.25) is 5.88 Å². The average Bonchev–Trinajstić information content (AvgIpc) is 2.36. The molecule has 0 amide bonds. The molecular formula is C7H9ClN2O3. The quantitative estimate of drug-likeness (QED) is 0.765. The Kier molecular flexibility index (Phi) is 3.13. The highest BCUT2D eigenvalue weighted by Gasteiger charge is 2.12. The SMILES string of the molecule is CCCn1ncc(Cl)c1OC(=O)O. The molecule has 1 N–H and O–H groups in total. The van der Waals surface area contributed by atoms with Crippen molar-refractivity contribution in [2.75, 3.05) is 0 Å². The molecule has 6 heteroatoms. The fraction of sp³-hybridized carbons (Fsp3) is 0.429. The van der Waals surface area contributed by atoms with Gasteiger partial charge in [0.1, 0.15) is 5.02 Å². The normalized spacial score (nSPS) is 10.0. The molecule has 5 nitrogen and oxygen atoms in total. The summed E-state index contributed by atoms with van der Waals surface area (Å²) in [4.78, 5) is 10.3. The molecule has 13 heavy (non-hydrogen) atoms. The van der Waals surface area contributed by atoms with Crippen LogP contribution in [0.1, 0.15) is 13.3 Å². The van der Waals surface area contributed by atoms with Crippen molar-refractivity contribution >= 4 is 17.8 Å². The molecule has 0 fully saturated rings. The third-order valence-electron chi connectivity index (χ3n) is 1.37. The third kappa shape index (κ3) is 2.35. The van der Waals surface area contributed by atoms with Crippen molar-refractivity contribution in [3.8, 4) is 5.88 Å². The average molecular weight is 205 g/mol. The molecule has 0 saturated heterocycles. The summed E-state index contributed by atoms with van der Waals surface area (Å²) in [5, 5.41) is 12.4. The van der Waals surface area contributed by atoms with E-state index in [1.54, 1.807) is 0 Å². The smallest absolute Gasteiger partial charge is 0.449 e. The van der Waals surface area contributed by atoms with Crippen LogP contribution < -0.4 is 4.74 Å². The van der Waals surface area contributed by atoms with E-state index in [1.165, 1.54) is 10.9 Å². The lowest BCUT2D eigenvalue weighted by Gasteiger charge is -2.03. The zero-order valence-electron chi connectivity index (χ0n) is 7.03. The molecule has 0 bridgehead atoms. The minimum absolute atomic E-state index is 0.0796. The van der Waals surface area contributed by atoms with Gasteiger partial charge in [0, 0.05) is 6.54 Å². The fourth-order valence-electron chi connectivity index (χ4n) is 0.907. The first kappa shape index (κ1) is 9.85. The predicted octanol–water partition coefficient (Wildman–Crippen LogP) is 2.00. The number of hydrogen-bond donors (Lipinski definition) is 1. The Hall–Kier alpha value is -1.23. The van der Waals surface area contributed by atoms with Gasteiger partial charge in [-0.3, -0.25) is 0 Å². The van der Waals surface area contributed by atoms with Crippen LogP contribution in [0.25, 0.3) is 0 Å². The molecule has 1 heterocycles. The van der Waals surface area contributed by atoms with Gasteiger partial charge in [-0.05, 0) is 6.42 Å². The maximum atomic E-state index is 10.3. The highest BCUT2D eigenvalue weighted by Crippen LogP contribution is 2.23. The van der Waals surface area contributed by atoms with E-state index >= 15 is 0 Å². The summed E-state index contributed by atoms with van der Waals surface area (Å²) >= 11 is 5.65. The number of rotatable bonds is 3. The molecule has 1 aromatic rings. The number of nitrogens with zero attached hydrogens (tertiary/aromatic N) is 2. The Bertz CT molecular complexity index is 311. The lowest BCUT2D eigenvalue weighted by atomic mass is 10.5. The fourth-order valence-corrected chi connectivity index (χ4v) is 1.09. The molecule has 0 radical (unpaired) electrons. The highest BCUT2D eigenvalue weighted by molar-refractivity contribution is 6.31. The van der Waals surface area contributed by atoms with Crippen molar-refractivity contribution < 1.29 is 14.6 Å². The van der Waals surface area contributed by atoms with Crippen LogP contribution in [0.3, 0.4) is 0 Å². The maximum Gasteiger partial charge on any atom is 0.512 e. The first-order chi connectivity index (χ1) is 6.15. The summed E-state index contributed by atoms with van der Waals surface area (Å²) in [7, 11) is 0. The number of aryl methyl sites for hydroxylation is 1. The first-order valence-electron chi connectivity index (χ1n) is 3.77. The molecule has 0 unspecified atom stereocenters. The summed E-state index contributed by atoms with van der Waals surface area (Å²) in [5.41, 5.74) is 0. The van der Waals surface area contributed by atoms with Gasteiger partial charge in [0.25, 0.3) is 0 Å². The van der Waals surface area contributed by atoms with E-state index in [2.05, 4.69) is 9.84 Å². The van der Waals surface area contributed by atoms with Gasteiger partial charge >= 0.3 is 6.16 Å².